The predicted molar refractivity (Wildman–Crippen MR) is 94.3 cm³/mol. The summed E-state index contributed by atoms with van der Waals surface area (Å²) >= 11 is 1.58. The number of amides is 1. The molecule has 1 aromatic heterocycles. The Morgan fingerprint density at radius 1 is 1.29 bits per heavy atom. The van der Waals surface area contributed by atoms with E-state index in [9.17, 15) is 9.90 Å². The molecular weight excluding hydrogens is 324 g/mol. The summed E-state index contributed by atoms with van der Waals surface area (Å²) in [6.07, 6.45) is 0. The predicted octanol–water partition coefficient (Wildman–Crippen LogP) is 3.78. The highest BCUT2D eigenvalue weighted by molar-refractivity contribution is 7.18. The van der Waals surface area contributed by atoms with Crippen LogP contribution in [-0.4, -0.2) is 16.0 Å². The molecule has 1 atom stereocenters. The van der Waals surface area contributed by atoms with Crippen molar-refractivity contribution in [2.24, 2.45) is 0 Å². The summed E-state index contributed by atoms with van der Waals surface area (Å²) in [6, 6.07) is 12.6. The summed E-state index contributed by atoms with van der Waals surface area (Å²) in [6.45, 7) is 3.85. The molecule has 1 unspecified atom stereocenters. The van der Waals surface area contributed by atoms with Gasteiger partial charge in [0, 0.05) is 6.92 Å². The van der Waals surface area contributed by atoms with Crippen LogP contribution in [0.1, 0.15) is 30.5 Å². The molecule has 1 heterocycles. The van der Waals surface area contributed by atoms with E-state index >= 15 is 0 Å². The van der Waals surface area contributed by atoms with Crippen molar-refractivity contribution >= 4 is 27.5 Å². The maximum atomic E-state index is 11.2. The second-order valence-corrected chi connectivity index (χ2v) is 6.62. The number of carbonyl (C=O) groups excluding carboxylic acids is 1. The number of aromatic nitrogens is 1. The molecule has 0 fully saturated rings. The van der Waals surface area contributed by atoms with Gasteiger partial charge in [-0.2, -0.15) is 0 Å². The van der Waals surface area contributed by atoms with E-state index in [2.05, 4.69) is 10.3 Å². The van der Waals surface area contributed by atoms with Gasteiger partial charge in [-0.15, -0.1) is 11.3 Å². The highest BCUT2D eigenvalue weighted by Crippen LogP contribution is 2.27. The summed E-state index contributed by atoms with van der Waals surface area (Å²) in [5, 5.41) is 13.0. The highest BCUT2D eigenvalue weighted by Gasteiger charge is 2.12. The summed E-state index contributed by atoms with van der Waals surface area (Å²) in [7, 11) is 0. The van der Waals surface area contributed by atoms with Crippen LogP contribution in [0.15, 0.2) is 42.5 Å². The molecule has 0 bridgehead atoms. The molecule has 5 nitrogen and oxygen atoms in total. The molecule has 0 aliphatic rings. The highest BCUT2D eigenvalue weighted by atomic mass is 32.1. The van der Waals surface area contributed by atoms with Crippen molar-refractivity contribution in [3.63, 3.8) is 0 Å². The minimum absolute atomic E-state index is 0.0651. The Kier molecular flexibility index (Phi) is 4.66. The largest absolute Gasteiger partial charge is 0.508 e. The molecule has 6 heteroatoms. The number of nitrogens with one attached hydrogen (secondary N) is 1. The molecule has 0 aliphatic carbocycles. The van der Waals surface area contributed by atoms with Gasteiger partial charge in [-0.05, 0) is 48.9 Å². The number of hydrogen-bond donors (Lipinski definition) is 2. The minimum Gasteiger partial charge on any atom is -0.508 e. The van der Waals surface area contributed by atoms with Crippen LogP contribution in [0.5, 0.6) is 11.5 Å². The van der Waals surface area contributed by atoms with E-state index in [-0.39, 0.29) is 17.7 Å². The van der Waals surface area contributed by atoms with Crippen LogP contribution in [0.2, 0.25) is 0 Å². The number of phenols is 1. The Morgan fingerprint density at radius 3 is 2.75 bits per heavy atom. The smallest absolute Gasteiger partial charge is 0.217 e. The Morgan fingerprint density at radius 2 is 2.04 bits per heavy atom. The lowest BCUT2D eigenvalue weighted by atomic mass is 10.2. The Bertz CT molecular complexity index is 858. The minimum atomic E-state index is -0.100. The molecule has 3 rings (SSSR count). The van der Waals surface area contributed by atoms with Crippen LogP contribution in [0.4, 0.5) is 0 Å². The van der Waals surface area contributed by atoms with Crippen molar-refractivity contribution in [3.05, 3.63) is 53.0 Å². The average Bonchev–Trinajstić information content (AvgIpc) is 2.97. The van der Waals surface area contributed by atoms with Crippen molar-refractivity contribution in [2.45, 2.75) is 26.5 Å². The Labute approximate surface area is 143 Å². The van der Waals surface area contributed by atoms with E-state index in [1.165, 1.54) is 6.92 Å². The number of hydrogen-bond acceptors (Lipinski definition) is 5. The van der Waals surface area contributed by atoms with Crippen LogP contribution in [0.3, 0.4) is 0 Å². The van der Waals surface area contributed by atoms with Gasteiger partial charge < -0.3 is 15.2 Å². The number of thiazole rings is 1. The summed E-state index contributed by atoms with van der Waals surface area (Å²) in [4.78, 5) is 15.8. The quantitative estimate of drug-likeness (QED) is 0.740. The van der Waals surface area contributed by atoms with Crippen molar-refractivity contribution in [2.75, 3.05) is 0 Å². The van der Waals surface area contributed by atoms with Gasteiger partial charge in [0.1, 0.15) is 23.1 Å². The second kappa shape index (κ2) is 6.88. The van der Waals surface area contributed by atoms with Crippen LogP contribution in [0, 0.1) is 0 Å². The number of ether oxygens (including phenoxy) is 1. The van der Waals surface area contributed by atoms with E-state index in [1.54, 1.807) is 35.6 Å². The van der Waals surface area contributed by atoms with Crippen molar-refractivity contribution in [1.29, 1.82) is 0 Å². The fourth-order valence-electron chi connectivity index (χ4n) is 2.34. The van der Waals surface area contributed by atoms with Gasteiger partial charge in [-0.25, -0.2) is 4.98 Å². The number of phenolic OH excluding ortho intramolecular Hbond substituents is 1. The summed E-state index contributed by atoms with van der Waals surface area (Å²) in [5.41, 5.74) is 1.92. The first-order chi connectivity index (χ1) is 11.5. The molecule has 2 N–H and O–H groups in total. The number of carbonyl (C=O) groups is 1. The molecule has 0 spiro atoms. The van der Waals surface area contributed by atoms with Gasteiger partial charge in [0.25, 0.3) is 0 Å². The number of aromatic hydroxyl groups is 1. The Balaban J connectivity index is 1.73. The number of nitrogens with zero attached hydrogens (tertiary/aromatic N) is 1. The topological polar surface area (TPSA) is 71.5 Å². The Hall–Kier alpha value is -2.60. The number of fused-ring (bicyclic) bond motifs is 1. The third-order valence-electron chi connectivity index (χ3n) is 3.50. The first kappa shape index (κ1) is 16.3. The van der Waals surface area contributed by atoms with E-state index in [0.29, 0.717) is 12.4 Å². The van der Waals surface area contributed by atoms with Gasteiger partial charge in [0.2, 0.25) is 5.91 Å². The third-order valence-corrected chi connectivity index (χ3v) is 4.72. The lowest BCUT2D eigenvalue weighted by Gasteiger charge is -2.07. The van der Waals surface area contributed by atoms with E-state index in [1.807, 2.05) is 25.1 Å². The SMILES string of the molecule is CC(=O)NC(C)c1nc2cc(COc3ccc(O)cc3)ccc2s1. The molecule has 2 aromatic carbocycles. The average molecular weight is 342 g/mol. The maximum Gasteiger partial charge on any atom is 0.217 e. The fourth-order valence-corrected chi connectivity index (χ4v) is 3.29. The molecule has 0 aliphatic heterocycles. The molecule has 1 amide bonds. The molecular formula is C18H18N2O3S. The molecule has 0 radical (unpaired) electrons. The zero-order valence-corrected chi connectivity index (χ0v) is 14.3. The lowest BCUT2D eigenvalue weighted by Crippen LogP contribution is -2.23. The fraction of sp³-hybridized carbons (Fsp3) is 0.222. The number of benzene rings is 2. The molecule has 124 valence electrons. The standard InChI is InChI=1S/C18H18N2O3S/c1-11(19-12(2)21)18-20-16-9-13(3-8-17(16)24-18)10-23-15-6-4-14(22)5-7-15/h3-9,11,22H,10H2,1-2H3,(H,19,21). The first-order valence-electron chi connectivity index (χ1n) is 7.59. The van der Waals surface area contributed by atoms with E-state index in [0.717, 1.165) is 20.8 Å². The van der Waals surface area contributed by atoms with Crippen molar-refractivity contribution < 1.29 is 14.6 Å². The van der Waals surface area contributed by atoms with Gasteiger partial charge in [0.15, 0.2) is 0 Å². The molecule has 0 saturated heterocycles. The van der Waals surface area contributed by atoms with Crippen LogP contribution in [-0.2, 0) is 11.4 Å². The first-order valence-corrected chi connectivity index (χ1v) is 8.41. The van der Waals surface area contributed by atoms with E-state index in [4.69, 9.17) is 4.74 Å². The summed E-state index contributed by atoms with van der Waals surface area (Å²) < 4.78 is 6.79. The van der Waals surface area contributed by atoms with Crippen molar-refractivity contribution in [1.82, 2.24) is 10.3 Å². The monoisotopic (exact) mass is 342 g/mol. The normalized spacial score (nSPS) is 12.1. The van der Waals surface area contributed by atoms with Gasteiger partial charge in [0.05, 0.1) is 16.3 Å². The zero-order chi connectivity index (χ0) is 17.1. The maximum absolute atomic E-state index is 11.2. The van der Waals surface area contributed by atoms with Crippen molar-refractivity contribution in [3.8, 4) is 11.5 Å². The molecule has 24 heavy (non-hydrogen) atoms. The molecule has 0 saturated carbocycles. The third kappa shape index (κ3) is 3.83. The van der Waals surface area contributed by atoms with Crippen LogP contribution < -0.4 is 10.1 Å². The summed E-state index contributed by atoms with van der Waals surface area (Å²) in [5.74, 6) is 0.850. The van der Waals surface area contributed by atoms with Gasteiger partial charge in [-0.1, -0.05) is 6.07 Å². The second-order valence-electron chi connectivity index (χ2n) is 5.56. The van der Waals surface area contributed by atoms with Crippen LogP contribution >= 0.6 is 11.3 Å². The lowest BCUT2D eigenvalue weighted by molar-refractivity contribution is -0.119. The van der Waals surface area contributed by atoms with E-state index < -0.39 is 0 Å². The molecule has 3 aromatic rings. The van der Waals surface area contributed by atoms with Gasteiger partial charge in [-0.3, -0.25) is 4.79 Å². The zero-order valence-electron chi connectivity index (χ0n) is 13.4. The van der Waals surface area contributed by atoms with Gasteiger partial charge >= 0.3 is 0 Å². The number of rotatable bonds is 5. The van der Waals surface area contributed by atoms with Crippen LogP contribution in [0.25, 0.3) is 10.2 Å².